The standard InChI is InChI=1S/C14H14FNO2S/c1-10(13-7-4-8-19-13)16-14(17)9-18-12-6-3-2-5-11(12)15/h2-8,10H,9H2,1H3,(H,16,17)/t10-/m0/s1. The van der Waals surface area contributed by atoms with Crippen LogP contribution < -0.4 is 10.1 Å². The Morgan fingerprint density at radius 2 is 2.16 bits per heavy atom. The highest BCUT2D eigenvalue weighted by atomic mass is 32.1. The maximum Gasteiger partial charge on any atom is 0.258 e. The number of carbonyl (C=O) groups is 1. The van der Waals surface area contributed by atoms with Gasteiger partial charge in [0, 0.05) is 4.88 Å². The number of nitrogens with one attached hydrogen (secondary N) is 1. The summed E-state index contributed by atoms with van der Waals surface area (Å²) in [6, 6.07) is 9.82. The van der Waals surface area contributed by atoms with E-state index >= 15 is 0 Å². The SMILES string of the molecule is C[C@H](NC(=O)COc1ccccc1F)c1cccs1. The van der Waals surface area contributed by atoms with E-state index in [1.165, 1.54) is 12.1 Å². The number of thiophene rings is 1. The molecule has 2 aromatic rings. The Morgan fingerprint density at radius 3 is 2.84 bits per heavy atom. The molecular weight excluding hydrogens is 265 g/mol. The molecule has 0 saturated carbocycles. The Balaban J connectivity index is 1.84. The molecule has 100 valence electrons. The van der Waals surface area contributed by atoms with Crippen LogP contribution in [0.3, 0.4) is 0 Å². The van der Waals surface area contributed by atoms with Crippen molar-refractivity contribution in [3.8, 4) is 5.75 Å². The van der Waals surface area contributed by atoms with Crippen LogP contribution in [0.4, 0.5) is 4.39 Å². The van der Waals surface area contributed by atoms with Crippen molar-refractivity contribution in [2.75, 3.05) is 6.61 Å². The molecule has 0 aliphatic carbocycles. The molecule has 5 heteroatoms. The van der Waals surface area contributed by atoms with Crippen molar-refractivity contribution in [2.45, 2.75) is 13.0 Å². The molecule has 0 aliphatic heterocycles. The second-order valence-electron chi connectivity index (χ2n) is 4.02. The molecule has 0 saturated heterocycles. The maximum absolute atomic E-state index is 13.3. The van der Waals surface area contributed by atoms with Gasteiger partial charge in [0.05, 0.1) is 6.04 Å². The third-order valence-corrected chi connectivity index (χ3v) is 3.60. The molecule has 0 unspecified atom stereocenters. The number of carbonyl (C=O) groups excluding carboxylic acids is 1. The van der Waals surface area contributed by atoms with Crippen LogP contribution in [-0.4, -0.2) is 12.5 Å². The molecule has 1 amide bonds. The van der Waals surface area contributed by atoms with Crippen LogP contribution in [0.25, 0.3) is 0 Å². The van der Waals surface area contributed by atoms with E-state index < -0.39 is 5.82 Å². The van der Waals surface area contributed by atoms with E-state index in [-0.39, 0.29) is 24.3 Å². The minimum atomic E-state index is -0.471. The fourth-order valence-electron chi connectivity index (χ4n) is 1.60. The lowest BCUT2D eigenvalue weighted by molar-refractivity contribution is -0.123. The van der Waals surface area contributed by atoms with Crippen LogP contribution in [0.15, 0.2) is 41.8 Å². The van der Waals surface area contributed by atoms with E-state index in [0.29, 0.717) is 0 Å². The molecule has 1 atom stereocenters. The average molecular weight is 279 g/mol. The molecule has 0 aliphatic rings. The van der Waals surface area contributed by atoms with Gasteiger partial charge in [0.2, 0.25) is 0 Å². The van der Waals surface area contributed by atoms with Crippen molar-refractivity contribution in [2.24, 2.45) is 0 Å². The number of rotatable bonds is 5. The highest BCUT2D eigenvalue weighted by molar-refractivity contribution is 7.10. The van der Waals surface area contributed by atoms with Crippen LogP contribution in [0.2, 0.25) is 0 Å². The van der Waals surface area contributed by atoms with Gasteiger partial charge < -0.3 is 10.1 Å². The quantitative estimate of drug-likeness (QED) is 0.913. The Hall–Kier alpha value is -1.88. The molecule has 1 aromatic carbocycles. The Labute approximate surface area is 115 Å². The highest BCUT2D eigenvalue weighted by Gasteiger charge is 2.11. The van der Waals surface area contributed by atoms with E-state index in [2.05, 4.69) is 5.32 Å². The number of hydrogen-bond donors (Lipinski definition) is 1. The van der Waals surface area contributed by atoms with E-state index in [9.17, 15) is 9.18 Å². The second kappa shape index (κ2) is 6.33. The summed E-state index contributed by atoms with van der Waals surface area (Å²) in [4.78, 5) is 12.7. The summed E-state index contributed by atoms with van der Waals surface area (Å²) in [5.74, 6) is -0.660. The van der Waals surface area contributed by atoms with Gasteiger partial charge in [0.25, 0.3) is 5.91 Å². The zero-order chi connectivity index (χ0) is 13.7. The predicted molar refractivity (Wildman–Crippen MR) is 72.8 cm³/mol. The first-order valence-corrected chi connectivity index (χ1v) is 6.75. The normalized spacial score (nSPS) is 11.9. The zero-order valence-corrected chi connectivity index (χ0v) is 11.2. The molecule has 0 spiro atoms. The van der Waals surface area contributed by atoms with Gasteiger partial charge in [0.1, 0.15) is 0 Å². The highest BCUT2D eigenvalue weighted by Crippen LogP contribution is 2.18. The summed E-state index contributed by atoms with van der Waals surface area (Å²) in [5.41, 5.74) is 0. The number of amides is 1. The maximum atomic E-state index is 13.3. The van der Waals surface area contributed by atoms with Gasteiger partial charge in [-0.1, -0.05) is 18.2 Å². The molecule has 0 radical (unpaired) electrons. The van der Waals surface area contributed by atoms with Crippen LogP contribution in [0, 0.1) is 5.82 Å². The zero-order valence-electron chi connectivity index (χ0n) is 10.4. The predicted octanol–water partition coefficient (Wildman–Crippen LogP) is 3.14. The van der Waals surface area contributed by atoms with Gasteiger partial charge in [-0.2, -0.15) is 0 Å². The van der Waals surface area contributed by atoms with Crippen LogP contribution >= 0.6 is 11.3 Å². The van der Waals surface area contributed by atoms with Crippen molar-refractivity contribution in [1.82, 2.24) is 5.32 Å². The summed E-state index contributed by atoms with van der Waals surface area (Å²) in [6.45, 7) is 1.70. The lowest BCUT2D eigenvalue weighted by Gasteiger charge is -2.13. The molecule has 0 fully saturated rings. The van der Waals surface area contributed by atoms with Crippen molar-refractivity contribution in [3.05, 3.63) is 52.5 Å². The minimum absolute atomic E-state index is 0.0725. The first-order valence-electron chi connectivity index (χ1n) is 5.87. The number of hydrogen-bond acceptors (Lipinski definition) is 3. The van der Waals surface area contributed by atoms with Crippen molar-refractivity contribution in [3.63, 3.8) is 0 Å². The first-order chi connectivity index (χ1) is 9.16. The number of ether oxygens (including phenoxy) is 1. The van der Waals surface area contributed by atoms with E-state index in [4.69, 9.17) is 4.74 Å². The summed E-state index contributed by atoms with van der Waals surface area (Å²) in [6.07, 6.45) is 0. The summed E-state index contributed by atoms with van der Waals surface area (Å²) in [5, 5.41) is 4.75. The molecule has 1 aromatic heterocycles. The topological polar surface area (TPSA) is 38.3 Å². The van der Waals surface area contributed by atoms with Crippen LogP contribution in [-0.2, 0) is 4.79 Å². The Bertz CT molecular complexity index is 542. The van der Waals surface area contributed by atoms with Crippen molar-refractivity contribution in [1.29, 1.82) is 0 Å². The fraction of sp³-hybridized carbons (Fsp3) is 0.214. The van der Waals surface area contributed by atoms with Gasteiger partial charge in [-0.3, -0.25) is 4.79 Å². The Kier molecular flexibility index (Phi) is 4.52. The summed E-state index contributed by atoms with van der Waals surface area (Å²) < 4.78 is 18.4. The van der Waals surface area contributed by atoms with Crippen LogP contribution in [0.1, 0.15) is 17.8 Å². The van der Waals surface area contributed by atoms with Crippen molar-refractivity contribution >= 4 is 17.2 Å². The lowest BCUT2D eigenvalue weighted by atomic mass is 10.3. The third-order valence-electron chi connectivity index (χ3n) is 2.54. The molecule has 19 heavy (non-hydrogen) atoms. The lowest BCUT2D eigenvalue weighted by Crippen LogP contribution is -2.31. The smallest absolute Gasteiger partial charge is 0.258 e. The number of para-hydroxylation sites is 1. The van der Waals surface area contributed by atoms with Gasteiger partial charge in [-0.15, -0.1) is 11.3 Å². The largest absolute Gasteiger partial charge is 0.481 e. The second-order valence-corrected chi connectivity index (χ2v) is 5.00. The summed E-state index contributed by atoms with van der Waals surface area (Å²) in [7, 11) is 0. The summed E-state index contributed by atoms with van der Waals surface area (Å²) >= 11 is 1.57. The molecule has 3 nitrogen and oxygen atoms in total. The van der Waals surface area contributed by atoms with Gasteiger partial charge in [0.15, 0.2) is 18.2 Å². The van der Waals surface area contributed by atoms with E-state index in [1.54, 1.807) is 23.5 Å². The number of benzene rings is 1. The van der Waals surface area contributed by atoms with E-state index in [0.717, 1.165) is 4.88 Å². The van der Waals surface area contributed by atoms with Gasteiger partial charge >= 0.3 is 0 Å². The Morgan fingerprint density at radius 1 is 1.37 bits per heavy atom. The molecule has 0 bridgehead atoms. The van der Waals surface area contributed by atoms with Gasteiger partial charge in [-0.25, -0.2) is 4.39 Å². The first kappa shape index (κ1) is 13.5. The van der Waals surface area contributed by atoms with E-state index in [1.807, 2.05) is 24.4 Å². The molecule has 1 heterocycles. The minimum Gasteiger partial charge on any atom is -0.481 e. The van der Waals surface area contributed by atoms with Crippen molar-refractivity contribution < 1.29 is 13.9 Å². The number of halogens is 1. The molecule has 1 N–H and O–H groups in total. The molecular formula is C14H14FNO2S. The third kappa shape index (κ3) is 3.79. The van der Waals surface area contributed by atoms with Crippen LogP contribution in [0.5, 0.6) is 5.75 Å². The molecule has 2 rings (SSSR count). The van der Waals surface area contributed by atoms with Gasteiger partial charge in [-0.05, 0) is 30.5 Å². The fourth-order valence-corrected chi connectivity index (χ4v) is 2.33. The average Bonchev–Trinajstić information content (AvgIpc) is 2.91. The monoisotopic (exact) mass is 279 g/mol.